The van der Waals surface area contributed by atoms with Gasteiger partial charge in [-0.25, -0.2) is 14.8 Å². The van der Waals surface area contributed by atoms with Gasteiger partial charge in [0.2, 0.25) is 12.2 Å². The first-order valence-electron chi connectivity index (χ1n) is 15.1. The predicted octanol–water partition coefficient (Wildman–Crippen LogP) is 3.97. The lowest BCUT2D eigenvalue weighted by Crippen LogP contribution is -2.59. The number of guanidine groups is 1. The summed E-state index contributed by atoms with van der Waals surface area (Å²) in [4.78, 5) is 45.7. The summed E-state index contributed by atoms with van der Waals surface area (Å²) in [7, 11) is 3.37. The van der Waals surface area contributed by atoms with Crippen LogP contribution in [0.5, 0.6) is 0 Å². The maximum atomic E-state index is 12.8. The van der Waals surface area contributed by atoms with Crippen LogP contribution < -0.4 is 10.2 Å². The molecule has 2 aliphatic heterocycles. The number of nitrogens with one attached hydrogen (secondary N) is 1. The summed E-state index contributed by atoms with van der Waals surface area (Å²) in [6.45, 7) is 7.37. The zero-order chi connectivity index (χ0) is 31.9. The van der Waals surface area contributed by atoms with Crippen molar-refractivity contribution >= 4 is 29.5 Å². The lowest BCUT2D eigenvalue weighted by molar-refractivity contribution is 0.0821. The number of carbonyl (C=O) groups is 2. The third kappa shape index (κ3) is 7.32. The number of anilines is 2. The van der Waals surface area contributed by atoms with E-state index in [2.05, 4.69) is 43.9 Å². The second-order valence-electron chi connectivity index (χ2n) is 11.7. The van der Waals surface area contributed by atoms with Crippen molar-refractivity contribution in [3.63, 3.8) is 0 Å². The molecule has 45 heavy (non-hydrogen) atoms. The molecule has 1 unspecified atom stereocenters. The van der Waals surface area contributed by atoms with Crippen molar-refractivity contribution in [2.45, 2.75) is 39.5 Å². The molecular weight excluding hydrogens is 570 g/mol. The van der Waals surface area contributed by atoms with Gasteiger partial charge in [-0.1, -0.05) is 56.3 Å². The molecule has 1 atom stereocenters. The third-order valence-corrected chi connectivity index (χ3v) is 8.18. The van der Waals surface area contributed by atoms with Crippen molar-refractivity contribution < 1.29 is 14.3 Å². The lowest BCUT2D eigenvalue weighted by Gasteiger charge is -2.45. The van der Waals surface area contributed by atoms with Crippen LogP contribution >= 0.6 is 0 Å². The molecule has 3 heterocycles. The van der Waals surface area contributed by atoms with Crippen LogP contribution in [0.1, 0.15) is 41.0 Å². The zero-order valence-electron chi connectivity index (χ0n) is 26.2. The number of benzene rings is 2. The number of hydrogen-bond acceptors (Lipinski definition) is 8. The summed E-state index contributed by atoms with van der Waals surface area (Å²) < 4.78 is 5.57. The van der Waals surface area contributed by atoms with E-state index in [1.54, 1.807) is 25.2 Å². The second kappa shape index (κ2) is 14.1. The lowest BCUT2D eigenvalue weighted by atomic mass is 9.97. The molecule has 0 radical (unpaired) electrons. The molecule has 0 bridgehead atoms. The first-order chi connectivity index (χ1) is 21.7. The number of rotatable bonds is 6. The van der Waals surface area contributed by atoms with E-state index in [1.807, 2.05) is 54.7 Å². The summed E-state index contributed by atoms with van der Waals surface area (Å²) in [6, 6.07) is 15.6. The van der Waals surface area contributed by atoms with Gasteiger partial charge in [-0.05, 0) is 35.1 Å². The Labute approximate surface area is 263 Å². The molecule has 0 saturated carbocycles. The van der Waals surface area contributed by atoms with Crippen LogP contribution in [0.25, 0.3) is 0 Å². The molecule has 2 amide bonds. The minimum atomic E-state index is -0.337. The highest BCUT2D eigenvalue weighted by molar-refractivity contribution is 5.95. The highest BCUT2D eigenvalue weighted by Crippen LogP contribution is 2.28. The van der Waals surface area contributed by atoms with Crippen molar-refractivity contribution in [2.75, 3.05) is 50.5 Å². The molecule has 3 aromatic rings. The number of hydrogen-bond donors (Lipinski definition) is 1. The number of fused-ring (bicyclic) bond motifs is 1. The highest BCUT2D eigenvalue weighted by atomic mass is 16.6. The fraction of sp³-hybridized carbons (Fsp3) is 0.394. The van der Waals surface area contributed by atoms with Gasteiger partial charge in [0.15, 0.2) is 0 Å². The first kappa shape index (κ1) is 31.3. The molecule has 1 saturated heterocycles. The van der Waals surface area contributed by atoms with Gasteiger partial charge in [0, 0.05) is 52.5 Å². The SMILES string of the molecule is CC(C)C1CN(c2cnc(C(=O)N(C)C)cn2)CCN1C(=NC#N)Nc1cccc2c1CCN(C(=O)OCc1ccccc1)C2. The van der Waals surface area contributed by atoms with E-state index in [-0.39, 0.29) is 30.6 Å². The van der Waals surface area contributed by atoms with E-state index in [0.717, 1.165) is 22.4 Å². The van der Waals surface area contributed by atoms with E-state index < -0.39 is 0 Å². The fourth-order valence-electron chi connectivity index (χ4n) is 5.70. The Morgan fingerprint density at radius 2 is 1.89 bits per heavy atom. The van der Waals surface area contributed by atoms with Crippen LogP contribution in [0.3, 0.4) is 0 Å². The van der Waals surface area contributed by atoms with Gasteiger partial charge < -0.3 is 29.7 Å². The van der Waals surface area contributed by atoms with E-state index >= 15 is 0 Å². The Balaban J connectivity index is 1.27. The number of nitrogens with zero attached hydrogens (tertiary/aromatic N) is 8. The molecule has 0 aliphatic carbocycles. The number of aromatic nitrogens is 2. The smallest absolute Gasteiger partial charge is 0.410 e. The molecule has 0 spiro atoms. The maximum Gasteiger partial charge on any atom is 0.410 e. The van der Waals surface area contributed by atoms with Crippen LogP contribution in [-0.2, 0) is 24.3 Å². The minimum absolute atomic E-state index is 0.0256. The number of piperazine rings is 1. The van der Waals surface area contributed by atoms with Gasteiger partial charge in [0.1, 0.15) is 18.1 Å². The van der Waals surface area contributed by atoms with Crippen molar-refractivity contribution in [3.8, 4) is 6.19 Å². The van der Waals surface area contributed by atoms with Crippen molar-refractivity contribution in [1.82, 2.24) is 24.7 Å². The summed E-state index contributed by atoms with van der Waals surface area (Å²) in [5.41, 5.74) is 4.24. The van der Waals surface area contributed by atoms with Crippen LogP contribution in [0.2, 0.25) is 0 Å². The Bertz CT molecular complexity index is 1570. The van der Waals surface area contributed by atoms with Gasteiger partial charge in [0.05, 0.1) is 18.4 Å². The summed E-state index contributed by atoms with van der Waals surface area (Å²) in [6.07, 6.45) is 5.45. The predicted molar refractivity (Wildman–Crippen MR) is 171 cm³/mol. The average Bonchev–Trinajstić information content (AvgIpc) is 3.06. The number of aliphatic imine (C=N–C) groups is 1. The summed E-state index contributed by atoms with van der Waals surface area (Å²) in [5.74, 6) is 1.24. The number of amides is 2. The van der Waals surface area contributed by atoms with Gasteiger partial charge in [-0.2, -0.15) is 5.26 Å². The first-order valence-corrected chi connectivity index (χ1v) is 15.1. The molecule has 1 fully saturated rings. The maximum absolute atomic E-state index is 12.8. The van der Waals surface area contributed by atoms with Crippen molar-refractivity contribution in [1.29, 1.82) is 5.26 Å². The monoisotopic (exact) mass is 609 g/mol. The van der Waals surface area contributed by atoms with Crippen LogP contribution in [0.4, 0.5) is 16.3 Å². The third-order valence-electron chi connectivity index (χ3n) is 8.18. The fourth-order valence-corrected chi connectivity index (χ4v) is 5.70. The Kier molecular flexibility index (Phi) is 9.77. The minimum Gasteiger partial charge on any atom is -0.445 e. The largest absolute Gasteiger partial charge is 0.445 e. The van der Waals surface area contributed by atoms with Gasteiger partial charge in [-0.3, -0.25) is 4.79 Å². The van der Waals surface area contributed by atoms with Crippen LogP contribution in [-0.4, -0.2) is 88.9 Å². The summed E-state index contributed by atoms with van der Waals surface area (Å²) >= 11 is 0. The molecular formula is C33H39N9O3. The standard InChI is InChI=1S/C33H39N9O3/c1-23(2)29-20-40(30-18-35-28(17-36-30)31(43)39(3)4)15-16-42(29)32(37-22-34)38-27-12-8-11-25-19-41(14-13-26(25)27)33(44)45-21-24-9-6-5-7-10-24/h5-12,17-18,23,29H,13-16,19-21H2,1-4H3,(H,37,38). The molecule has 1 aromatic heterocycles. The van der Waals surface area contributed by atoms with Gasteiger partial charge >= 0.3 is 6.09 Å². The van der Waals surface area contributed by atoms with Crippen molar-refractivity contribution in [3.05, 3.63) is 83.3 Å². The Morgan fingerprint density at radius 1 is 1.09 bits per heavy atom. The highest BCUT2D eigenvalue weighted by Gasteiger charge is 2.33. The Hall–Kier alpha value is -5.18. The number of ether oxygens (including phenoxy) is 1. The molecule has 234 valence electrons. The number of carbonyl (C=O) groups excluding carboxylic acids is 2. The van der Waals surface area contributed by atoms with Gasteiger partial charge in [-0.15, -0.1) is 4.99 Å². The van der Waals surface area contributed by atoms with E-state index in [0.29, 0.717) is 56.6 Å². The van der Waals surface area contributed by atoms with E-state index in [4.69, 9.17) is 4.74 Å². The summed E-state index contributed by atoms with van der Waals surface area (Å²) in [5, 5.41) is 13.1. The number of nitriles is 1. The molecule has 1 N–H and O–H groups in total. The van der Waals surface area contributed by atoms with Crippen LogP contribution in [0.15, 0.2) is 65.9 Å². The molecule has 5 rings (SSSR count). The topological polar surface area (TPSA) is 130 Å². The second-order valence-corrected chi connectivity index (χ2v) is 11.7. The zero-order valence-corrected chi connectivity index (χ0v) is 26.2. The Morgan fingerprint density at radius 3 is 2.58 bits per heavy atom. The normalized spacial score (nSPS) is 16.6. The molecule has 2 aromatic carbocycles. The van der Waals surface area contributed by atoms with Gasteiger partial charge in [0.25, 0.3) is 5.91 Å². The molecule has 12 heteroatoms. The van der Waals surface area contributed by atoms with Crippen molar-refractivity contribution in [2.24, 2.45) is 10.9 Å². The average molecular weight is 610 g/mol. The van der Waals surface area contributed by atoms with E-state index in [1.165, 1.54) is 11.1 Å². The molecule has 12 nitrogen and oxygen atoms in total. The molecule has 2 aliphatic rings. The van der Waals surface area contributed by atoms with E-state index in [9.17, 15) is 14.9 Å². The van der Waals surface area contributed by atoms with Crippen LogP contribution in [0, 0.1) is 17.4 Å². The quantitative estimate of drug-likeness (QED) is 0.251.